The summed E-state index contributed by atoms with van der Waals surface area (Å²) in [6, 6.07) is 6.87. The average Bonchev–Trinajstić information content (AvgIpc) is 3.30. The van der Waals surface area contributed by atoms with Crippen molar-refractivity contribution >= 4 is 5.91 Å². The smallest absolute Gasteiger partial charge is 0.240 e. The van der Waals surface area contributed by atoms with E-state index in [2.05, 4.69) is 5.32 Å². The van der Waals surface area contributed by atoms with Crippen molar-refractivity contribution in [2.24, 2.45) is 0 Å². The van der Waals surface area contributed by atoms with Gasteiger partial charge < -0.3 is 10.2 Å². The van der Waals surface area contributed by atoms with Gasteiger partial charge in [0, 0.05) is 12.6 Å². The molecule has 0 aromatic heterocycles. The summed E-state index contributed by atoms with van der Waals surface area (Å²) in [5.74, 6) is -0.0436. The van der Waals surface area contributed by atoms with Gasteiger partial charge >= 0.3 is 0 Å². The van der Waals surface area contributed by atoms with Crippen LogP contribution in [-0.4, -0.2) is 29.4 Å². The summed E-state index contributed by atoms with van der Waals surface area (Å²) in [5, 5.41) is 3.31. The Morgan fingerprint density at radius 1 is 1.30 bits per heavy atom. The molecule has 1 aromatic carbocycles. The van der Waals surface area contributed by atoms with Gasteiger partial charge in [0.25, 0.3) is 0 Å². The summed E-state index contributed by atoms with van der Waals surface area (Å²) in [5.41, 5.74) is 0.876. The van der Waals surface area contributed by atoms with E-state index in [4.69, 9.17) is 0 Å². The first-order chi connectivity index (χ1) is 9.74. The summed E-state index contributed by atoms with van der Waals surface area (Å²) >= 11 is 0. The second kappa shape index (κ2) is 5.92. The number of rotatable bonds is 4. The Hall–Kier alpha value is -1.42. The summed E-state index contributed by atoms with van der Waals surface area (Å²) in [7, 11) is 0. The minimum atomic E-state index is -0.235. The maximum atomic E-state index is 13.3. The van der Waals surface area contributed by atoms with Gasteiger partial charge in [-0.15, -0.1) is 0 Å². The van der Waals surface area contributed by atoms with Crippen molar-refractivity contribution in [1.29, 1.82) is 0 Å². The Morgan fingerprint density at radius 2 is 2.15 bits per heavy atom. The van der Waals surface area contributed by atoms with E-state index in [1.165, 1.54) is 12.1 Å². The van der Waals surface area contributed by atoms with E-state index in [9.17, 15) is 9.18 Å². The second-order valence-electron chi connectivity index (χ2n) is 5.83. The van der Waals surface area contributed by atoms with Gasteiger partial charge in [0.15, 0.2) is 0 Å². The molecule has 1 atom stereocenters. The predicted octanol–water partition coefficient (Wildman–Crippen LogP) is 2.46. The van der Waals surface area contributed by atoms with Crippen molar-refractivity contribution in [3.05, 3.63) is 35.6 Å². The number of benzene rings is 1. The second-order valence-corrected chi connectivity index (χ2v) is 5.83. The van der Waals surface area contributed by atoms with Gasteiger partial charge in [0.05, 0.1) is 6.04 Å². The molecule has 3 rings (SSSR count). The van der Waals surface area contributed by atoms with Crippen LogP contribution in [-0.2, 0) is 11.3 Å². The molecule has 1 amide bonds. The molecule has 1 aliphatic carbocycles. The maximum Gasteiger partial charge on any atom is 0.240 e. The van der Waals surface area contributed by atoms with Gasteiger partial charge in [-0.2, -0.15) is 0 Å². The van der Waals surface area contributed by atoms with E-state index in [-0.39, 0.29) is 17.8 Å². The van der Waals surface area contributed by atoms with Crippen LogP contribution in [0.4, 0.5) is 4.39 Å². The SMILES string of the molecule is O=C([C@H]1CCCCN1)N(Cc1cccc(F)c1)C1CC1. The summed E-state index contributed by atoms with van der Waals surface area (Å²) in [6.07, 6.45) is 5.34. The molecular formula is C16H21FN2O. The highest BCUT2D eigenvalue weighted by atomic mass is 19.1. The van der Waals surface area contributed by atoms with E-state index < -0.39 is 0 Å². The minimum absolute atomic E-state index is 0.0436. The van der Waals surface area contributed by atoms with Gasteiger partial charge in [0.2, 0.25) is 5.91 Å². The zero-order chi connectivity index (χ0) is 13.9. The fourth-order valence-corrected chi connectivity index (χ4v) is 2.87. The van der Waals surface area contributed by atoms with E-state index in [0.29, 0.717) is 12.6 Å². The fourth-order valence-electron chi connectivity index (χ4n) is 2.87. The van der Waals surface area contributed by atoms with Gasteiger partial charge in [0.1, 0.15) is 5.82 Å². The van der Waals surface area contributed by atoms with Crippen molar-refractivity contribution < 1.29 is 9.18 Å². The van der Waals surface area contributed by atoms with Crippen LogP contribution >= 0.6 is 0 Å². The first-order valence-corrected chi connectivity index (χ1v) is 7.52. The number of piperidine rings is 1. The van der Waals surface area contributed by atoms with Crippen LogP contribution in [0, 0.1) is 5.82 Å². The Bertz CT molecular complexity index is 481. The largest absolute Gasteiger partial charge is 0.334 e. The summed E-state index contributed by atoms with van der Waals surface area (Å²) in [4.78, 5) is 14.6. The van der Waals surface area contributed by atoms with Crippen molar-refractivity contribution in [2.45, 2.75) is 50.7 Å². The van der Waals surface area contributed by atoms with Gasteiger partial charge in [-0.3, -0.25) is 4.79 Å². The summed E-state index contributed by atoms with van der Waals surface area (Å²) in [6.45, 7) is 1.45. The summed E-state index contributed by atoms with van der Waals surface area (Å²) < 4.78 is 13.3. The van der Waals surface area contributed by atoms with Crippen LogP contribution < -0.4 is 5.32 Å². The number of carbonyl (C=O) groups excluding carboxylic acids is 1. The van der Waals surface area contributed by atoms with Crippen LogP contribution in [0.3, 0.4) is 0 Å². The molecular weight excluding hydrogens is 255 g/mol. The van der Waals surface area contributed by atoms with Crippen LogP contribution in [0.25, 0.3) is 0 Å². The van der Waals surface area contributed by atoms with Crippen molar-refractivity contribution in [1.82, 2.24) is 10.2 Å². The molecule has 2 aliphatic rings. The number of nitrogens with zero attached hydrogens (tertiary/aromatic N) is 1. The molecule has 4 heteroatoms. The molecule has 0 unspecified atom stereocenters. The normalized spacial score (nSPS) is 22.6. The van der Waals surface area contributed by atoms with Crippen LogP contribution in [0.5, 0.6) is 0 Å². The quantitative estimate of drug-likeness (QED) is 0.916. The fraction of sp³-hybridized carbons (Fsp3) is 0.562. The third-order valence-corrected chi connectivity index (χ3v) is 4.12. The van der Waals surface area contributed by atoms with Crippen LogP contribution in [0.2, 0.25) is 0 Å². The Balaban J connectivity index is 1.70. The standard InChI is InChI=1S/C16H21FN2O/c17-13-5-3-4-12(10-13)11-19(14-7-8-14)16(20)15-6-1-2-9-18-15/h3-5,10,14-15,18H,1-2,6-9,11H2/t15-/m1/s1. The Labute approximate surface area is 119 Å². The number of hydrogen-bond donors (Lipinski definition) is 1. The number of hydrogen-bond acceptors (Lipinski definition) is 2. The van der Waals surface area contributed by atoms with Crippen LogP contribution in [0.15, 0.2) is 24.3 Å². The number of halogens is 1. The van der Waals surface area contributed by atoms with Gasteiger partial charge in [-0.25, -0.2) is 4.39 Å². The maximum absolute atomic E-state index is 13.3. The molecule has 2 fully saturated rings. The van der Waals surface area contributed by atoms with Gasteiger partial charge in [-0.1, -0.05) is 18.6 Å². The highest BCUT2D eigenvalue weighted by molar-refractivity contribution is 5.82. The molecule has 20 heavy (non-hydrogen) atoms. The Morgan fingerprint density at radius 3 is 2.80 bits per heavy atom. The first kappa shape index (κ1) is 13.6. The topological polar surface area (TPSA) is 32.3 Å². The molecule has 1 saturated heterocycles. The predicted molar refractivity (Wildman–Crippen MR) is 75.6 cm³/mol. The molecule has 3 nitrogen and oxygen atoms in total. The van der Waals surface area contributed by atoms with E-state index >= 15 is 0 Å². The highest BCUT2D eigenvalue weighted by Gasteiger charge is 2.36. The lowest BCUT2D eigenvalue weighted by molar-refractivity contribution is -0.135. The molecule has 1 aliphatic heterocycles. The molecule has 108 valence electrons. The van der Waals surface area contributed by atoms with E-state index in [0.717, 1.165) is 44.2 Å². The zero-order valence-electron chi connectivity index (χ0n) is 11.6. The van der Waals surface area contributed by atoms with E-state index in [1.54, 1.807) is 6.07 Å². The minimum Gasteiger partial charge on any atom is -0.334 e. The molecule has 1 aromatic rings. The molecule has 1 heterocycles. The lowest BCUT2D eigenvalue weighted by Crippen LogP contribution is -2.49. The highest BCUT2D eigenvalue weighted by Crippen LogP contribution is 2.29. The van der Waals surface area contributed by atoms with Crippen molar-refractivity contribution in [2.75, 3.05) is 6.54 Å². The number of amides is 1. The van der Waals surface area contributed by atoms with Crippen molar-refractivity contribution in [3.8, 4) is 0 Å². The molecule has 0 spiro atoms. The lowest BCUT2D eigenvalue weighted by atomic mass is 10.0. The average molecular weight is 276 g/mol. The number of nitrogens with one attached hydrogen (secondary N) is 1. The molecule has 0 radical (unpaired) electrons. The third-order valence-electron chi connectivity index (χ3n) is 4.12. The monoisotopic (exact) mass is 276 g/mol. The van der Waals surface area contributed by atoms with E-state index in [1.807, 2.05) is 11.0 Å². The molecule has 1 N–H and O–H groups in total. The number of carbonyl (C=O) groups is 1. The molecule has 1 saturated carbocycles. The Kier molecular flexibility index (Phi) is 4.01. The van der Waals surface area contributed by atoms with Crippen molar-refractivity contribution in [3.63, 3.8) is 0 Å². The zero-order valence-corrected chi connectivity index (χ0v) is 11.6. The first-order valence-electron chi connectivity index (χ1n) is 7.52. The van der Waals surface area contributed by atoms with Gasteiger partial charge in [-0.05, 0) is 49.9 Å². The third kappa shape index (κ3) is 3.18. The van der Waals surface area contributed by atoms with Crippen LogP contribution in [0.1, 0.15) is 37.7 Å². The lowest BCUT2D eigenvalue weighted by Gasteiger charge is -2.30. The molecule has 0 bridgehead atoms.